The van der Waals surface area contributed by atoms with Crippen LogP contribution in [0.1, 0.15) is 32.3 Å². The van der Waals surface area contributed by atoms with Crippen LogP contribution in [0.15, 0.2) is 10.6 Å². The summed E-state index contributed by atoms with van der Waals surface area (Å²) in [6.45, 7) is 3.24. The van der Waals surface area contributed by atoms with E-state index in [9.17, 15) is 9.59 Å². The third kappa shape index (κ3) is 2.23. The van der Waals surface area contributed by atoms with E-state index in [2.05, 4.69) is 14.8 Å². The molecule has 2 aromatic rings. The molecule has 7 nitrogen and oxygen atoms in total. The maximum Gasteiger partial charge on any atom is 0.340 e. The summed E-state index contributed by atoms with van der Waals surface area (Å²) >= 11 is 0.909. The highest BCUT2D eigenvalue weighted by atomic mass is 32.1. The fraction of sp³-hybridized carbons (Fsp3) is 0.200. The minimum atomic E-state index is -1.13. The number of hydrogen-bond donors (Lipinski definition) is 2. The summed E-state index contributed by atoms with van der Waals surface area (Å²) in [4.78, 5) is 22.8. The van der Waals surface area contributed by atoms with Gasteiger partial charge in [0, 0.05) is 6.07 Å². The van der Waals surface area contributed by atoms with E-state index in [1.165, 1.54) is 6.07 Å². The number of carboxylic acids is 1. The van der Waals surface area contributed by atoms with Crippen LogP contribution in [0.5, 0.6) is 0 Å². The van der Waals surface area contributed by atoms with Crippen molar-refractivity contribution in [3.05, 3.63) is 28.8 Å². The smallest absolute Gasteiger partial charge is 0.340 e. The molecule has 0 atom stereocenters. The molecule has 0 unspecified atom stereocenters. The van der Waals surface area contributed by atoms with E-state index in [-0.39, 0.29) is 16.3 Å². The first-order valence-electron chi connectivity index (χ1n) is 4.93. The Hall–Kier alpha value is -2.22. The average Bonchev–Trinajstić information content (AvgIpc) is 2.85. The molecule has 0 saturated heterocycles. The van der Waals surface area contributed by atoms with E-state index in [1.807, 2.05) is 0 Å². The van der Waals surface area contributed by atoms with Crippen LogP contribution in [-0.4, -0.2) is 26.5 Å². The Balaban J connectivity index is 2.25. The minimum Gasteiger partial charge on any atom is -0.478 e. The Morgan fingerprint density at radius 1 is 1.44 bits per heavy atom. The number of hydrogen-bond acceptors (Lipinski definition) is 6. The molecule has 2 aromatic heterocycles. The fourth-order valence-corrected chi connectivity index (χ4v) is 2.13. The summed E-state index contributed by atoms with van der Waals surface area (Å²) in [6, 6.07) is 1.46. The number of aromatic carboxylic acids is 1. The third-order valence-electron chi connectivity index (χ3n) is 2.16. The molecule has 0 bridgehead atoms. The molecule has 8 heteroatoms. The van der Waals surface area contributed by atoms with Gasteiger partial charge in [0.15, 0.2) is 0 Å². The first-order chi connectivity index (χ1) is 8.49. The van der Waals surface area contributed by atoms with Gasteiger partial charge >= 0.3 is 5.97 Å². The van der Waals surface area contributed by atoms with Crippen molar-refractivity contribution in [2.75, 3.05) is 5.32 Å². The topological polar surface area (TPSA) is 105 Å². The van der Waals surface area contributed by atoms with Crippen molar-refractivity contribution < 1.29 is 19.2 Å². The summed E-state index contributed by atoms with van der Waals surface area (Å²) in [5.74, 6) is -1.66. The van der Waals surface area contributed by atoms with Crippen LogP contribution in [0.25, 0.3) is 0 Å². The predicted octanol–water partition coefficient (Wildman–Crippen LogP) is 1.70. The maximum absolute atomic E-state index is 11.8. The molecule has 2 rings (SSSR count). The SMILES string of the molecule is Cc1cc(C(=O)Nc2snc(C)c2C(=O)O)on1. The Morgan fingerprint density at radius 3 is 2.72 bits per heavy atom. The molecule has 0 fully saturated rings. The number of aryl methyl sites for hydroxylation is 2. The molecule has 0 aromatic carbocycles. The highest BCUT2D eigenvalue weighted by Crippen LogP contribution is 2.25. The van der Waals surface area contributed by atoms with Gasteiger partial charge in [-0.05, 0) is 25.4 Å². The molecular weight excluding hydrogens is 258 g/mol. The lowest BCUT2D eigenvalue weighted by Crippen LogP contribution is -2.12. The summed E-state index contributed by atoms with van der Waals surface area (Å²) in [6.07, 6.45) is 0. The summed E-state index contributed by atoms with van der Waals surface area (Å²) < 4.78 is 8.67. The predicted molar refractivity (Wildman–Crippen MR) is 63.0 cm³/mol. The zero-order chi connectivity index (χ0) is 13.3. The van der Waals surface area contributed by atoms with Crippen LogP contribution >= 0.6 is 11.5 Å². The van der Waals surface area contributed by atoms with Crippen LogP contribution in [0, 0.1) is 13.8 Å². The Kier molecular flexibility index (Phi) is 3.11. The second kappa shape index (κ2) is 4.57. The summed E-state index contributed by atoms with van der Waals surface area (Å²) in [5, 5.41) is 15.2. The lowest BCUT2D eigenvalue weighted by Gasteiger charge is -2.00. The molecule has 2 heterocycles. The molecule has 2 N–H and O–H groups in total. The maximum atomic E-state index is 11.8. The number of nitrogens with one attached hydrogen (secondary N) is 1. The van der Waals surface area contributed by atoms with Gasteiger partial charge in [-0.25, -0.2) is 4.79 Å². The Bertz CT molecular complexity index is 616. The fourth-order valence-electron chi connectivity index (χ4n) is 1.34. The van der Waals surface area contributed by atoms with Crippen LogP contribution in [0.4, 0.5) is 5.00 Å². The van der Waals surface area contributed by atoms with Crippen molar-refractivity contribution in [2.24, 2.45) is 0 Å². The zero-order valence-electron chi connectivity index (χ0n) is 9.55. The van der Waals surface area contributed by atoms with Gasteiger partial charge in [0.25, 0.3) is 5.91 Å². The van der Waals surface area contributed by atoms with Gasteiger partial charge in [-0.2, -0.15) is 4.37 Å². The normalized spacial score (nSPS) is 10.3. The van der Waals surface area contributed by atoms with Crippen LogP contribution < -0.4 is 5.32 Å². The lowest BCUT2D eigenvalue weighted by atomic mass is 10.2. The van der Waals surface area contributed by atoms with Crippen molar-refractivity contribution in [2.45, 2.75) is 13.8 Å². The quantitative estimate of drug-likeness (QED) is 0.876. The average molecular weight is 267 g/mol. The Morgan fingerprint density at radius 2 is 2.17 bits per heavy atom. The molecule has 94 valence electrons. The van der Waals surface area contributed by atoms with Crippen molar-refractivity contribution in [1.29, 1.82) is 0 Å². The van der Waals surface area contributed by atoms with Gasteiger partial charge in [0.2, 0.25) is 5.76 Å². The molecule has 0 aliphatic heterocycles. The first kappa shape index (κ1) is 12.2. The van der Waals surface area contributed by atoms with Crippen molar-refractivity contribution in [3.8, 4) is 0 Å². The standard InChI is InChI=1S/C10H9N3O4S/c1-4-3-6(17-12-4)8(14)11-9-7(10(15)16)5(2)13-18-9/h3H,1-2H3,(H,11,14)(H,15,16). The molecule has 0 aliphatic rings. The number of aromatic nitrogens is 2. The summed E-state index contributed by atoms with van der Waals surface area (Å²) in [7, 11) is 0. The largest absolute Gasteiger partial charge is 0.478 e. The molecule has 0 saturated carbocycles. The van der Waals surface area contributed by atoms with Gasteiger partial charge in [-0.15, -0.1) is 0 Å². The number of anilines is 1. The van der Waals surface area contributed by atoms with Crippen LogP contribution in [0.2, 0.25) is 0 Å². The minimum absolute atomic E-state index is 0.00964. The van der Waals surface area contributed by atoms with Crippen molar-refractivity contribution >= 4 is 28.4 Å². The van der Waals surface area contributed by atoms with Crippen LogP contribution in [0.3, 0.4) is 0 Å². The highest BCUT2D eigenvalue weighted by Gasteiger charge is 2.21. The monoisotopic (exact) mass is 267 g/mol. The van der Waals surface area contributed by atoms with Gasteiger partial charge in [-0.3, -0.25) is 4.79 Å². The number of carboxylic acid groups (broad SMARTS) is 1. The van der Waals surface area contributed by atoms with Gasteiger partial charge in [0.1, 0.15) is 10.6 Å². The number of carbonyl (C=O) groups excluding carboxylic acids is 1. The van der Waals surface area contributed by atoms with Gasteiger partial charge < -0.3 is 14.9 Å². The van der Waals surface area contributed by atoms with E-state index >= 15 is 0 Å². The molecule has 18 heavy (non-hydrogen) atoms. The summed E-state index contributed by atoms with van der Waals surface area (Å²) in [5.41, 5.74) is 0.917. The zero-order valence-corrected chi connectivity index (χ0v) is 10.4. The molecule has 0 aliphatic carbocycles. The van der Waals surface area contributed by atoms with E-state index in [4.69, 9.17) is 9.63 Å². The third-order valence-corrected chi connectivity index (χ3v) is 3.01. The molecular formula is C10H9N3O4S. The first-order valence-corrected chi connectivity index (χ1v) is 5.70. The van der Waals surface area contributed by atoms with E-state index in [0.717, 1.165) is 11.5 Å². The van der Waals surface area contributed by atoms with Gasteiger partial charge in [0.05, 0.1) is 11.4 Å². The van der Waals surface area contributed by atoms with Crippen molar-refractivity contribution in [1.82, 2.24) is 9.53 Å². The number of nitrogens with zero attached hydrogens (tertiary/aromatic N) is 2. The van der Waals surface area contributed by atoms with Gasteiger partial charge in [-0.1, -0.05) is 5.16 Å². The van der Waals surface area contributed by atoms with Crippen LogP contribution in [-0.2, 0) is 0 Å². The second-order valence-electron chi connectivity index (χ2n) is 3.56. The number of amides is 1. The second-order valence-corrected chi connectivity index (χ2v) is 4.34. The van der Waals surface area contributed by atoms with Crippen molar-refractivity contribution in [3.63, 3.8) is 0 Å². The molecule has 0 spiro atoms. The lowest BCUT2D eigenvalue weighted by molar-refractivity contribution is 0.0697. The Labute approximate surface area is 106 Å². The van der Waals surface area contributed by atoms with E-state index in [1.54, 1.807) is 13.8 Å². The van der Waals surface area contributed by atoms with E-state index in [0.29, 0.717) is 11.4 Å². The molecule has 0 radical (unpaired) electrons. The van der Waals surface area contributed by atoms with E-state index < -0.39 is 11.9 Å². The number of rotatable bonds is 3. The highest BCUT2D eigenvalue weighted by molar-refractivity contribution is 7.11. The number of carbonyl (C=O) groups is 2. The molecule has 1 amide bonds.